The van der Waals surface area contributed by atoms with Gasteiger partial charge in [0, 0.05) is 18.9 Å². The highest BCUT2D eigenvalue weighted by atomic mass is 35.5. The van der Waals surface area contributed by atoms with Gasteiger partial charge in [-0.1, -0.05) is 36.8 Å². The van der Waals surface area contributed by atoms with Crippen LogP contribution in [-0.2, 0) is 16.8 Å². The summed E-state index contributed by atoms with van der Waals surface area (Å²) in [7, 11) is 0. The van der Waals surface area contributed by atoms with Crippen LogP contribution in [0.1, 0.15) is 37.6 Å². The van der Waals surface area contributed by atoms with Gasteiger partial charge in [-0.3, -0.25) is 4.79 Å². The molecule has 0 saturated carbocycles. The Labute approximate surface area is 137 Å². The van der Waals surface area contributed by atoms with E-state index >= 15 is 0 Å². The molecule has 1 heterocycles. The number of halogens is 1. The number of carboxylic acids is 1. The van der Waals surface area contributed by atoms with E-state index in [0.717, 1.165) is 30.8 Å². The lowest BCUT2D eigenvalue weighted by Gasteiger charge is -2.25. The first-order valence-electron chi connectivity index (χ1n) is 7.31. The lowest BCUT2D eigenvalue weighted by molar-refractivity contribution is -0.143. The fraction of sp³-hybridized carbons (Fsp3) is 0.412. The van der Waals surface area contributed by atoms with E-state index in [1.807, 2.05) is 50.4 Å². The van der Waals surface area contributed by atoms with E-state index in [1.54, 1.807) is 6.20 Å². The number of unbranched alkanes of at least 4 members (excludes halogenated alkanes) is 1. The van der Waals surface area contributed by atoms with Crippen LogP contribution in [0.4, 0.5) is 0 Å². The van der Waals surface area contributed by atoms with E-state index in [2.05, 4.69) is 9.55 Å². The molecule has 120 valence electrons. The number of aromatic nitrogens is 2. The van der Waals surface area contributed by atoms with Gasteiger partial charge in [0.2, 0.25) is 0 Å². The van der Waals surface area contributed by atoms with Crippen molar-refractivity contribution in [1.82, 2.24) is 9.55 Å². The van der Waals surface area contributed by atoms with Crippen molar-refractivity contribution in [2.24, 2.45) is 0 Å². The molecule has 1 atom stereocenters. The number of hydrogen-bond acceptors (Lipinski definition) is 2. The Hall–Kier alpha value is -1.81. The molecular weight excluding hydrogens is 300 g/mol. The zero-order chi connectivity index (χ0) is 15.3. The van der Waals surface area contributed by atoms with Crippen LogP contribution in [0.25, 0.3) is 0 Å². The first kappa shape index (κ1) is 18.2. The minimum absolute atomic E-state index is 0. The summed E-state index contributed by atoms with van der Waals surface area (Å²) in [5, 5.41) is 9.60. The van der Waals surface area contributed by atoms with Crippen molar-refractivity contribution in [2.45, 2.75) is 45.1 Å². The summed E-state index contributed by atoms with van der Waals surface area (Å²) in [6.45, 7) is 4.68. The Bertz CT molecular complexity index is 598. The second-order valence-electron chi connectivity index (χ2n) is 5.63. The van der Waals surface area contributed by atoms with E-state index < -0.39 is 11.4 Å². The normalized spacial score (nSPS) is 13.2. The van der Waals surface area contributed by atoms with E-state index in [-0.39, 0.29) is 12.4 Å². The highest BCUT2D eigenvalue weighted by molar-refractivity contribution is 5.85. The van der Waals surface area contributed by atoms with Crippen molar-refractivity contribution in [3.63, 3.8) is 0 Å². The fourth-order valence-electron chi connectivity index (χ4n) is 2.58. The second kappa shape index (κ2) is 7.99. The van der Waals surface area contributed by atoms with Crippen LogP contribution in [-0.4, -0.2) is 20.6 Å². The molecule has 5 heteroatoms. The predicted molar refractivity (Wildman–Crippen MR) is 89.5 cm³/mol. The quantitative estimate of drug-likeness (QED) is 0.788. The maximum absolute atomic E-state index is 11.7. The molecule has 0 fully saturated rings. The molecule has 0 aliphatic carbocycles. The lowest BCUT2D eigenvalue weighted by atomic mass is 9.78. The van der Waals surface area contributed by atoms with E-state index in [1.165, 1.54) is 0 Å². The predicted octanol–water partition coefficient (Wildman–Crippen LogP) is 3.83. The van der Waals surface area contributed by atoms with Gasteiger partial charge in [0.25, 0.3) is 0 Å². The number of nitrogens with zero attached hydrogens (tertiary/aromatic N) is 2. The smallest absolute Gasteiger partial charge is 0.313 e. The van der Waals surface area contributed by atoms with Crippen LogP contribution in [0.3, 0.4) is 0 Å². The third-order valence-electron chi connectivity index (χ3n) is 4.13. The number of aliphatic carboxylic acids is 1. The Morgan fingerprint density at radius 3 is 2.50 bits per heavy atom. The molecule has 2 rings (SSSR count). The summed E-state index contributed by atoms with van der Waals surface area (Å²) >= 11 is 0. The van der Waals surface area contributed by atoms with Gasteiger partial charge in [0.1, 0.15) is 5.82 Å². The highest BCUT2D eigenvalue weighted by Crippen LogP contribution is 2.30. The van der Waals surface area contributed by atoms with Gasteiger partial charge in [-0.25, -0.2) is 4.98 Å². The van der Waals surface area contributed by atoms with Crippen LogP contribution in [0.2, 0.25) is 0 Å². The zero-order valence-corrected chi connectivity index (χ0v) is 13.8. The molecule has 0 aliphatic rings. The van der Waals surface area contributed by atoms with Crippen molar-refractivity contribution in [3.8, 4) is 0 Å². The number of hydrogen-bond donors (Lipinski definition) is 1. The Morgan fingerprint density at radius 1 is 1.27 bits per heavy atom. The maximum Gasteiger partial charge on any atom is 0.313 e. The van der Waals surface area contributed by atoms with Crippen molar-refractivity contribution in [3.05, 3.63) is 54.1 Å². The standard InChI is InChI=1S/C17H22N2O2.ClH/c1-14-18-11-13-19(14)12-7-6-10-17(2,16(20)21)15-8-4-3-5-9-15;/h3-5,8-9,11,13H,6-7,10,12H2,1-2H3,(H,20,21);1H. The summed E-state index contributed by atoms with van der Waals surface area (Å²) in [4.78, 5) is 15.9. The van der Waals surface area contributed by atoms with E-state index in [0.29, 0.717) is 6.42 Å². The van der Waals surface area contributed by atoms with Gasteiger partial charge >= 0.3 is 5.97 Å². The van der Waals surface area contributed by atoms with Gasteiger partial charge < -0.3 is 9.67 Å². The lowest BCUT2D eigenvalue weighted by Crippen LogP contribution is -2.32. The minimum Gasteiger partial charge on any atom is -0.481 e. The van der Waals surface area contributed by atoms with Gasteiger partial charge in [0.15, 0.2) is 0 Å². The highest BCUT2D eigenvalue weighted by Gasteiger charge is 2.34. The SMILES string of the molecule is Cc1nccn1CCCCC(C)(C(=O)O)c1ccccc1.Cl. The third-order valence-corrected chi connectivity index (χ3v) is 4.13. The van der Waals surface area contributed by atoms with Crippen LogP contribution in [0.5, 0.6) is 0 Å². The molecule has 1 unspecified atom stereocenters. The van der Waals surface area contributed by atoms with Crippen molar-refractivity contribution in [1.29, 1.82) is 0 Å². The average Bonchev–Trinajstić information content (AvgIpc) is 2.89. The molecule has 0 radical (unpaired) electrons. The molecule has 0 spiro atoms. The topological polar surface area (TPSA) is 55.1 Å². The Kier molecular flexibility index (Phi) is 6.62. The van der Waals surface area contributed by atoms with Gasteiger partial charge in [-0.15, -0.1) is 12.4 Å². The summed E-state index contributed by atoms with van der Waals surface area (Å²) < 4.78 is 2.10. The molecule has 1 aromatic carbocycles. The molecule has 0 saturated heterocycles. The summed E-state index contributed by atoms with van der Waals surface area (Å²) in [6, 6.07) is 9.49. The number of aryl methyl sites for hydroxylation is 2. The van der Waals surface area contributed by atoms with Gasteiger partial charge in [-0.05, 0) is 32.3 Å². The third kappa shape index (κ3) is 4.10. The summed E-state index contributed by atoms with van der Waals surface area (Å²) in [5.74, 6) is 0.242. The summed E-state index contributed by atoms with van der Waals surface area (Å²) in [6.07, 6.45) is 6.21. The van der Waals surface area contributed by atoms with E-state index in [9.17, 15) is 9.90 Å². The maximum atomic E-state index is 11.7. The number of benzene rings is 1. The Balaban J connectivity index is 0.00000242. The first-order chi connectivity index (χ1) is 10.0. The number of rotatable bonds is 7. The average molecular weight is 323 g/mol. The molecule has 1 aromatic heterocycles. The number of carbonyl (C=O) groups is 1. The monoisotopic (exact) mass is 322 g/mol. The minimum atomic E-state index is -0.814. The van der Waals surface area contributed by atoms with Crippen LogP contribution >= 0.6 is 12.4 Å². The number of carboxylic acid groups (broad SMARTS) is 1. The number of imidazole rings is 1. The van der Waals surface area contributed by atoms with Crippen LogP contribution in [0, 0.1) is 6.92 Å². The van der Waals surface area contributed by atoms with Gasteiger partial charge in [-0.2, -0.15) is 0 Å². The largest absolute Gasteiger partial charge is 0.481 e. The first-order valence-corrected chi connectivity index (χ1v) is 7.31. The second-order valence-corrected chi connectivity index (χ2v) is 5.63. The molecule has 4 nitrogen and oxygen atoms in total. The van der Waals surface area contributed by atoms with E-state index in [4.69, 9.17) is 0 Å². The van der Waals surface area contributed by atoms with Crippen LogP contribution < -0.4 is 0 Å². The van der Waals surface area contributed by atoms with Gasteiger partial charge in [0.05, 0.1) is 5.41 Å². The van der Waals surface area contributed by atoms with Crippen molar-refractivity contribution >= 4 is 18.4 Å². The zero-order valence-electron chi connectivity index (χ0n) is 13.0. The molecule has 2 aromatic rings. The molecular formula is C17H23ClN2O2. The molecule has 0 bridgehead atoms. The van der Waals surface area contributed by atoms with Crippen molar-refractivity contribution < 1.29 is 9.90 Å². The molecule has 0 amide bonds. The van der Waals surface area contributed by atoms with Crippen molar-refractivity contribution in [2.75, 3.05) is 0 Å². The molecule has 22 heavy (non-hydrogen) atoms. The summed E-state index contributed by atoms with van der Waals surface area (Å²) in [5.41, 5.74) is 0.0573. The molecule has 0 aliphatic heterocycles. The Morgan fingerprint density at radius 2 is 1.95 bits per heavy atom. The van der Waals surface area contributed by atoms with Crippen LogP contribution in [0.15, 0.2) is 42.7 Å². The molecule has 1 N–H and O–H groups in total. The fourth-order valence-corrected chi connectivity index (χ4v) is 2.58.